The van der Waals surface area contributed by atoms with Crippen molar-refractivity contribution in [1.82, 2.24) is 0 Å². The molecule has 0 heterocycles. The minimum atomic E-state index is -0.440. The first-order chi connectivity index (χ1) is 15.5. The maximum absolute atomic E-state index is 10.8. The van der Waals surface area contributed by atoms with E-state index >= 15 is 0 Å². The normalized spacial score (nSPS) is 11.4. The van der Waals surface area contributed by atoms with E-state index in [1.165, 1.54) is 24.3 Å². The van der Waals surface area contributed by atoms with Gasteiger partial charge in [0.2, 0.25) is 0 Å². The van der Waals surface area contributed by atoms with Crippen molar-refractivity contribution in [3.63, 3.8) is 0 Å². The van der Waals surface area contributed by atoms with Crippen LogP contribution in [-0.2, 0) is 0 Å². The molecule has 156 valence electrons. The molecule has 0 spiro atoms. The summed E-state index contributed by atoms with van der Waals surface area (Å²) in [4.78, 5) is 29.8. The molecule has 0 saturated carbocycles. The lowest BCUT2D eigenvalue weighted by Gasteiger charge is -2.05. The number of aliphatic imine (C=N–C) groups is 2. The van der Waals surface area contributed by atoms with Crippen LogP contribution in [0.3, 0.4) is 0 Å². The van der Waals surface area contributed by atoms with Gasteiger partial charge in [0, 0.05) is 47.5 Å². The third kappa shape index (κ3) is 4.54. The summed E-state index contributed by atoms with van der Waals surface area (Å²) in [5.74, 6) is 0. The molecule has 0 atom stereocenters. The maximum Gasteiger partial charge on any atom is 0.269 e. The topological polar surface area (TPSA) is 111 Å². The quantitative estimate of drug-likeness (QED) is 0.210. The predicted octanol–water partition coefficient (Wildman–Crippen LogP) is 6.16. The molecule has 4 rings (SSSR count). The fraction of sp³-hybridized carbons (Fsp3) is 0. The van der Waals surface area contributed by atoms with E-state index in [-0.39, 0.29) is 11.4 Å². The van der Waals surface area contributed by atoms with E-state index in [4.69, 9.17) is 0 Å². The molecule has 0 bridgehead atoms. The Morgan fingerprint density at radius 1 is 0.562 bits per heavy atom. The number of nitro benzene ring substituents is 2. The number of benzene rings is 4. The molecule has 32 heavy (non-hydrogen) atoms. The fourth-order valence-corrected chi connectivity index (χ4v) is 3.15. The lowest BCUT2D eigenvalue weighted by molar-refractivity contribution is -0.385. The molecule has 0 aliphatic carbocycles. The highest BCUT2D eigenvalue weighted by atomic mass is 16.6. The SMILES string of the molecule is O=[N+]([O-])c1ccc(/C=N/c2cccc3c(/N=C/c4ccc([N+](=O)[O-])cc4)cccc23)cc1. The molecule has 0 saturated heterocycles. The average Bonchev–Trinajstić information content (AvgIpc) is 2.81. The molecule has 8 heteroatoms. The zero-order chi connectivity index (χ0) is 22.5. The van der Waals surface area contributed by atoms with Gasteiger partial charge >= 0.3 is 0 Å². The maximum atomic E-state index is 10.8. The first kappa shape index (κ1) is 20.5. The number of hydrogen-bond acceptors (Lipinski definition) is 6. The van der Waals surface area contributed by atoms with Crippen LogP contribution < -0.4 is 0 Å². The lowest BCUT2D eigenvalue weighted by Crippen LogP contribution is -1.88. The van der Waals surface area contributed by atoms with Gasteiger partial charge in [-0.05, 0) is 47.5 Å². The Bertz CT molecular complexity index is 1250. The zero-order valence-electron chi connectivity index (χ0n) is 16.7. The van der Waals surface area contributed by atoms with Crippen molar-refractivity contribution in [3.05, 3.63) is 116 Å². The van der Waals surface area contributed by atoms with Gasteiger partial charge in [-0.2, -0.15) is 0 Å². The summed E-state index contributed by atoms with van der Waals surface area (Å²) in [6, 6.07) is 23.8. The summed E-state index contributed by atoms with van der Waals surface area (Å²) in [7, 11) is 0. The molecule has 4 aromatic rings. The third-order valence-corrected chi connectivity index (χ3v) is 4.79. The summed E-state index contributed by atoms with van der Waals surface area (Å²) in [5, 5.41) is 23.4. The van der Waals surface area contributed by atoms with Crippen molar-refractivity contribution in [1.29, 1.82) is 0 Å². The summed E-state index contributed by atoms with van der Waals surface area (Å²) in [5.41, 5.74) is 3.05. The lowest BCUT2D eigenvalue weighted by atomic mass is 10.1. The average molecular weight is 424 g/mol. The van der Waals surface area contributed by atoms with Crippen molar-refractivity contribution in [2.24, 2.45) is 9.98 Å². The molecule has 4 aromatic carbocycles. The zero-order valence-corrected chi connectivity index (χ0v) is 16.7. The van der Waals surface area contributed by atoms with E-state index in [9.17, 15) is 20.2 Å². The molecule has 0 aromatic heterocycles. The van der Waals surface area contributed by atoms with E-state index in [2.05, 4.69) is 9.98 Å². The van der Waals surface area contributed by atoms with Crippen LogP contribution in [0.25, 0.3) is 10.8 Å². The standard InChI is InChI=1S/C24H16N4O4/c29-27(30)19-11-7-17(8-12-19)15-25-23-5-1-3-21-22(23)4-2-6-24(21)26-16-18-9-13-20(14-10-18)28(31)32/h1-16H/b25-15+,26-16+. The number of nitrogens with zero attached hydrogens (tertiary/aromatic N) is 4. The Hall–Kier alpha value is -4.72. The van der Waals surface area contributed by atoms with Crippen molar-refractivity contribution in [2.45, 2.75) is 0 Å². The smallest absolute Gasteiger partial charge is 0.258 e. The highest BCUT2D eigenvalue weighted by molar-refractivity contribution is 6.02. The molecule has 0 N–H and O–H groups in total. The van der Waals surface area contributed by atoms with Crippen molar-refractivity contribution < 1.29 is 9.85 Å². The minimum absolute atomic E-state index is 0.0304. The van der Waals surface area contributed by atoms with Gasteiger partial charge in [-0.3, -0.25) is 30.2 Å². The summed E-state index contributed by atoms with van der Waals surface area (Å²) < 4.78 is 0. The molecule has 0 unspecified atom stereocenters. The van der Waals surface area contributed by atoms with Crippen LogP contribution in [0.5, 0.6) is 0 Å². The number of rotatable bonds is 6. The van der Waals surface area contributed by atoms with Gasteiger partial charge in [0.25, 0.3) is 11.4 Å². The molecular formula is C24H16N4O4. The van der Waals surface area contributed by atoms with E-state index in [0.29, 0.717) is 0 Å². The van der Waals surface area contributed by atoms with Crippen LogP contribution >= 0.6 is 0 Å². The fourth-order valence-electron chi connectivity index (χ4n) is 3.15. The van der Waals surface area contributed by atoms with E-state index in [0.717, 1.165) is 33.3 Å². The largest absolute Gasteiger partial charge is 0.269 e. The molecule has 0 radical (unpaired) electrons. The van der Waals surface area contributed by atoms with Gasteiger partial charge in [-0.15, -0.1) is 0 Å². The highest BCUT2D eigenvalue weighted by Gasteiger charge is 2.06. The summed E-state index contributed by atoms with van der Waals surface area (Å²) in [6.07, 6.45) is 3.32. The number of non-ortho nitro benzene ring substituents is 2. The van der Waals surface area contributed by atoms with E-state index < -0.39 is 9.85 Å². The first-order valence-corrected chi connectivity index (χ1v) is 9.60. The van der Waals surface area contributed by atoms with Gasteiger partial charge in [0.1, 0.15) is 0 Å². The van der Waals surface area contributed by atoms with E-state index in [1.54, 1.807) is 36.7 Å². The van der Waals surface area contributed by atoms with Gasteiger partial charge in [-0.1, -0.05) is 24.3 Å². The van der Waals surface area contributed by atoms with Crippen LogP contribution in [0.1, 0.15) is 11.1 Å². The second-order valence-electron chi connectivity index (χ2n) is 6.86. The number of nitro groups is 2. The predicted molar refractivity (Wildman–Crippen MR) is 125 cm³/mol. The van der Waals surface area contributed by atoms with Crippen molar-refractivity contribution in [3.8, 4) is 0 Å². The summed E-state index contributed by atoms with van der Waals surface area (Å²) in [6.45, 7) is 0. The minimum Gasteiger partial charge on any atom is -0.258 e. The van der Waals surface area contributed by atoms with Crippen LogP contribution in [0, 0.1) is 20.2 Å². The monoisotopic (exact) mass is 424 g/mol. The van der Waals surface area contributed by atoms with Crippen LogP contribution in [0.2, 0.25) is 0 Å². The van der Waals surface area contributed by atoms with E-state index in [1.807, 2.05) is 36.4 Å². The third-order valence-electron chi connectivity index (χ3n) is 4.79. The highest BCUT2D eigenvalue weighted by Crippen LogP contribution is 2.32. The molecule has 0 fully saturated rings. The van der Waals surface area contributed by atoms with Gasteiger partial charge in [0.05, 0.1) is 21.2 Å². The molecule has 0 amide bonds. The Kier molecular flexibility index (Phi) is 5.76. The molecule has 8 nitrogen and oxygen atoms in total. The molecular weight excluding hydrogens is 408 g/mol. The molecule has 0 aliphatic heterocycles. The molecule has 0 aliphatic rings. The van der Waals surface area contributed by atoms with Crippen molar-refractivity contribution in [2.75, 3.05) is 0 Å². The van der Waals surface area contributed by atoms with Crippen molar-refractivity contribution >= 4 is 46.0 Å². The Labute approximate surface area is 182 Å². The van der Waals surface area contributed by atoms with Gasteiger partial charge in [-0.25, -0.2) is 0 Å². The number of fused-ring (bicyclic) bond motifs is 1. The van der Waals surface area contributed by atoms with Gasteiger partial charge in [0.15, 0.2) is 0 Å². The second kappa shape index (κ2) is 8.97. The van der Waals surface area contributed by atoms with Gasteiger partial charge < -0.3 is 0 Å². The first-order valence-electron chi connectivity index (χ1n) is 9.60. The Morgan fingerprint density at radius 3 is 1.28 bits per heavy atom. The Balaban J connectivity index is 1.62. The number of hydrogen-bond donors (Lipinski definition) is 0. The second-order valence-corrected chi connectivity index (χ2v) is 6.86. The van der Waals surface area contributed by atoms with Crippen LogP contribution in [0.4, 0.5) is 22.7 Å². The summed E-state index contributed by atoms with van der Waals surface area (Å²) >= 11 is 0. The van der Waals surface area contributed by atoms with Crippen LogP contribution in [0.15, 0.2) is 94.9 Å². The Morgan fingerprint density at radius 2 is 0.938 bits per heavy atom. The van der Waals surface area contributed by atoms with Crippen LogP contribution in [-0.4, -0.2) is 22.3 Å².